The molecule has 27 heavy (non-hydrogen) atoms. The Bertz CT molecular complexity index is 749. The highest BCUT2D eigenvalue weighted by Gasteiger charge is 2.28. The molecule has 0 aromatic heterocycles. The molecule has 0 saturated heterocycles. The highest BCUT2D eigenvalue weighted by atomic mass is 19.1. The van der Waals surface area contributed by atoms with Gasteiger partial charge < -0.3 is 10.2 Å². The molecule has 0 aliphatic rings. The Morgan fingerprint density at radius 3 is 2.33 bits per heavy atom. The van der Waals surface area contributed by atoms with Crippen LogP contribution in [0.3, 0.4) is 0 Å². The van der Waals surface area contributed by atoms with E-state index in [-0.39, 0.29) is 18.2 Å². The Balaban J connectivity index is 2.25. The molecular weight excluding hydrogens is 343 g/mol. The van der Waals surface area contributed by atoms with Gasteiger partial charge in [-0.15, -0.1) is 0 Å². The highest BCUT2D eigenvalue weighted by molar-refractivity contribution is 5.88. The van der Waals surface area contributed by atoms with Gasteiger partial charge in [0, 0.05) is 13.1 Å². The molecule has 0 fully saturated rings. The Morgan fingerprint density at radius 1 is 1.04 bits per heavy atom. The summed E-state index contributed by atoms with van der Waals surface area (Å²) in [6.45, 7) is 4.74. The summed E-state index contributed by atoms with van der Waals surface area (Å²) in [5.41, 5.74) is 1.27. The number of carbonyl (C=O) groups is 2. The van der Waals surface area contributed by atoms with Crippen molar-refractivity contribution in [2.45, 2.75) is 45.7 Å². The summed E-state index contributed by atoms with van der Waals surface area (Å²) in [5.74, 6) is -0.839. The third-order valence-corrected chi connectivity index (χ3v) is 4.43. The molecule has 5 heteroatoms. The van der Waals surface area contributed by atoms with Gasteiger partial charge in [-0.2, -0.15) is 0 Å². The van der Waals surface area contributed by atoms with E-state index >= 15 is 0 Å². The SMILES string of the molecule is CCCNC(=O)[C@@H](CC)N(Cc1ccccc1)C(=O)Cc1ccccc1F. The van der Waals surface area contributed by atoms with Crippen molar-refractivity contribution < 1.29 is 14.0 Å². The van der Waals surface area contributed by atoms with Crippen molar-refractivity contribution in [1.29, 1.82) is 0 Å². The van der Waals surface area contributed by atoms with Gasteiger partial charge in [-0.25, -0.2) is 4.39 Å². The first-order chi connectivity index (χ1) is 13.1. The van der Waals surface area contributed by atoms with Crippen LogP contribution in [-0.2, 0) is 22.6 Å². The molecule has 0 aliphatic carbocycles. The predicted octanol–water partition coefficient (Wildman–Crippen LogP) is 3.70. The van der Waals surface area contributed by atoms with Crippen molar-refractivity contribution >= 4 is 11.8 Å². The van der Waals surface area contributed by atoms with Crippen molar-refractivity contribution in [3.05, 3.63) is 71.5 Å². The number of hydrogen-bond acceptors (Lipinski definition) is 2. The molecule has 0 aliphatic heterocycles. The van der Waals surface area contributed by atoms with Gasteiger partial charge in [-0.3, -0.25) is 9.59 Å². The molecule has 2 amide bonds. The molecule has 0 radical (unpaired) electrons. The van der Waals surface area contributed by atoms with E-state index in [9.17, 15) is 14.0 Å². The van der Waals surface area contributed by atoms with E-state index in [0.29, 0.717) is 25.1 Å². The van der Waals surface area contributed by atoms with Crippen molar-refractivity contribution in [2.24, 2.45) is 0 Å². The Hall–Kier alpha value is -2.69. The van der Waals surface area contributed by atoms with E-state index in [1.54, 1.807) is 23.1 Å². The maximum atomic E-state index is 14.0. The van der Waals surface area contributed by atoms with Gasteiger partial charge in [0.1, 0.15) is 11.9 Å². The van der Waals surface area contributed by atoms with E-state index in [4.69, 9.17) is 0 Å². The Morgan fingerprint density at radius 2 is 1.70 bits per heavy atom. The summed E-state index contributed by atoms with van der Waals surface area (Å²) in [6.07, 6.45) is 1.24. The molecule has 2 aromatic rings. The van der Waals surface area contributed by atoms with E-state index in [2.05, 4.69) is 5.32 Å². The second-order valence-corrected chi connectivity index (χ2v) is 6.49. The standard InChI is InChI=1S/C22H27FN2O2/c1-3-14-24-22(27)20(4-2)25(16-17-10-6-5-7-11-17)21(26)15-18-12-8-9-13-19(18)23/h5-13,20H,3-4,14-16H2,1-2H3,(H,24,27)/t20-/m1/s1. The van der Waals surface area contributed by atoms with E-state index in [1.807, 2.05) is 44.2 Å². The van der Waals surface area contributed by atoms with Gasteiger partial charge in [-0.1, -0.05) is 62.4 Å². The number of amides is 2. The fourth-order valence-corrected chi connectivity index (χ4v) is 2.97. The summed E-state index contributed by atoms with van der Waals surface area (Å²) in [4.78, 5) is 27.2. The summed E-state index contributed by atoms with van der Waals surface area (Å²) in [7, 11) is 0. The number of rotatable bonds is 9. The molecular formula is C22H27FN2O2. The van der Waals surface area contributed by atoms with Crippen LogP contribution in [-0.4, -0.2) is 29.3 Å². The third-order valence-electron chi connectivity index (χ3n) is 4.43. The number of nitrogens with zero attached hydrogens (tertiary/aromatic N) is 1. The van der Waals surface area contributed by atoms with Crippen molar-refractivity contribution in [1.82, 2.24) is 10.2 Å². The second-order valence-electron chi connectivity index (χ2n) is 6.49. The third kappa shape index (κ3) is 5.91. The number of nitrogens with one attached hydrogen (secondary N) is 1. The van der Waals surface area contributed by atoms with Crippen LogP contribution in [0.15, 0.2) is 54.6 Å². The molecule has 0 bridgehead atoms. The predicted molar refractivity (Wildman–Crippen MR) is 104 cm³/mol. The second kappa shape index (κ2) is 10.5. The van der Waals surface area contributed by atoms with E-state index < -0.39 is 11.9 Å². The average Bonchev–Trinajstić information content (AvgIpc) is 2.68. The van der Waals surface area contributed by atoms with Crippen LogP contribution in [0.1, 0.15) is 37.8 Å². The molecule has 0 saturated carbocycles. The highest BCUT2D eigenvalue weighted by Crippen LogP contribution is 2.16. The fraction of sp³-hybridized carbons (Fsp3) is 0.364. The van der Waals surface area contributed by atoms with Crippen LogP contribution < -0.4 is 5.32 Å². The summed E-state index contributed by atoms with van der Waals surface area (Å²) < 4.78 is 14.0. The zero-order chi connectivity index (χ0) is 19.6. The monoisotopic (exact) mass is 370 g/mol. The van der Waals surface area contributed by atoms with Gasteiger partial charge in [0.15, 0.2) is 0 Å². The molecule has 0 spiro atoms. The number of benzene rings is 2. The van der Waals surface area contributed by atoms with Gasteiger partial charge in [0.05, 0.1) is 6.42 Å². The number of carbonyl (C=O) groups excluding carboxylic acids is 2. The van der Waals surface area contributed by atoms with Crippen LogP contribution in [0, 0.1) is 5.82 Å². The molecule has 0 unspecified atom stereocenters. The maximum Gasteiger partial charge on any atom is 0.242 e. The normalized spacial score (nSPS) is 11.7. The first-order valence-electron chi connectivity index (χ1n) is 9.41. The van der Waals surface area contributed by atoms with Crippen LogP contribution in [0.4, 0.5) is 4.39 Å². The molecule has 1 N–H and O–H groups in total. The van der Waals surface area contributed by atoms with Crippen LogP contribution >= 0.6 is 0 Å². The minimum atomic E-state index is -0.587. The summed E-state index contributed by atoms with van der Waals surface area (Å²) in [5, 5.41) is 2.87. The lowest BCUT2D eigenvalue weighted by molar-refractivity contribution is -0.141. The molecule has 0 heterocycles. The lowest BCUT2D eigenvalue weighted by atomic mass is 10.1. The first-order valence-corrected chi connectivity index (χ1v) is 9.41. The smallest absolute Gasteiger partial charge is 0.242 e. The number of hydrogen-bond donors (Lipinski definition) is 1. The fourth-order valence-electron chi connectivity index (χ4n) is 2.97. The zero-order valence-electron chi connectivity index (χ0n) is 16.0. The van der Waals surface area contributed by atoms with Crippen LogP contribution in [0.25, 0.3) is 0 Å². The van der Waals surface area contributed by atoms with Gasteiger partial charge >= 0.3 is 0 Å². The lowest BCUT2D eigenvalue weighted by Crippen LogP contribution is -2.49. The van der Waals surface area contributed by atoms with Crippen molar-refractivity contribution in [2.75, 3.05) is 6.54 Å². The van der Waals surface area contributed by atoms with Gasteiger partial charge in [-0.05, 0) is 30.0 Å². The average molecular weight is 370 g/mol. The van der Waals surface area contributed by atoms with Crippen LogP contribution in [0.5, 0.6) is 0 Å². The summed E-state index contributed by atoms with van der Waals surface area (Å²) >= 11 is 0. The minimum Gasteiger partial charge on any atom is -0.354 e. The van der Waals surface area contributed by atoms with Crippen molar-refractivity contribution in [3.63, 3.8) is 0 Å². The largest absolute Gasteiger partial charge is 0.354 e. The van der Waals surface area contributed by atoms with Gasteiger partial charge in [0.25, 0.3) is 0 Å². The quantitative estimate of drug-likeness (QED) is 0.732. The van der Waals surface area contributed by atoms with E-state index in [1.165, 1.54) is 6.07 Å². The molecule has 1 atom stereocenters. The first kappa shape index (κ1) is 20.6. The maximum absolute atomic E-state index is 14.0. The molecule has 144 valence electrons. The molecule has 2 rings (SSSR count). The minimum absolute atomic E-state index is 0.0724. The van der Waals surface area contributed by atoms with Crippen LogP contribution in [0.2, 0.25) is 0 Å². The Kier molecular flexibility index (Phi) is 7.99. The topological polar surface area (TPSA) is 49.4 Å². The summed E-state index contributed by atoms with van der Waals surface area (Å²) in [6, 6.07) is 15.2. The van der Waals surface area contributed by atoms with Gasteiger partial charge in [0.2, 0.25) is 11.8 Å². The Labute approximate surface area is 160 Å². The van der Waals surface area contributed by atoms with E-state index in [0.717, 1.165) is 12.0 Å². The number of halogens is 1. The zero-order valence-corrected chi connectivity index (χ0v) is 16.0. The lowest BCUT2D eigenvalue weighted by Gasteiger charge is -2.30. The molecule has 4 nitrogen and oxygen atoms in total. The molecule has 2 aromatic carbocycles. The van der Waals surface area contributed by atoms with Crippen molar-refractivity contribution in [3.8, 4) is 0 Å².